The Morgan fingerprint density at radius 1 is 0.704 bits per heavy atom. The van der Waals surface area contributed by atoms with Crippen molar-refractivity contribution in [2.75, 3.05) is 13.1 Å². The van der Waals surface area contributed by atoms with E-state index >= 15 is 0 Å². The normalized spacial score (nSPS) is 31.6. The quantitative estimate of drug-likeness (QED) is 0.789. The van der Waals surface area contributed by atoms with Crippen molar-refractivity contribution in [2.24, 2.45) is 17.8 Å². The van der Waals surface area contributed by atoms with Crippen molar-refractivity contribution in [1.82, 2.24) is 10.6 Å². The lowest BCUT2D eigenvalue weighted by Gasteiger charge is -2.40. The molecule has 0 bridgehead atoms. The Morgan fingerprint density at radius 2 is 1.44 bits per heavy atom. The number of hydrogen-bond acceptors (Lipinski definition) is 2. The molecule has 1 saturated carbocycles. The highest BCUT2D eigenvalue weighted by molar-refractivity contribution is 5.68. The standard InChI is InChI=1S/C25H32N2/c1-3-9-18(10-4-1)20-15-23-24(17-27-25(23)26-16-20)22-14-8-7-13-21(22)19-11-5-2-6-12-19/h2,5-8,11-14,18,20,23-27H,1,3-4,9-10,15-17H2. The predicted octanol–water partition coefficient (Wildman–Crippen LogP) is 5.17. The van der Waals surface area contributed by atoms with E-state index in [-0.39, 0.29) is 0 Å². The van der Waals surface area contributed by atoms with Gasteiger partial charge in [-0.25, -0.2) is 0 Å². The summed E-state index contributed by atoms with van der Waals surface area (Å²) in [5, 5.41) is 7.67. The third-order valence-corrected chi connectivity index (χ3v) is 7.44. The van der Waals surface area contributed by atoms with Gasteiger partial charge in [0.15, 0.2) is 0 Å². The van der Waals surface area contributed by atoms with Crippen LogP contribution in [-0.4, -0.2) is 19.3 Å². The smallest absolute Gasteiger partial charge is 0.0607 e. The minimum atomic E-state index is 0.499. The molecule has 0 amide bonds. The van der Waals surface area contributed by atoms with E-state index in [1.54, 1.807) is 0 Å². The van der Waals surface area contributed by atoms with Crippen LogP contribution >= 0.6 is 0 Å². The molecule has 2 N–H and O–H groups in total. The molecule has 2 nitrogen and oxygen atoms in total. The summed E-state index contributed by atoms with van der Waals surface area (Å²) < 4.78 is 0. The maximum Gasteiger partial charge on any atom is 0.0607 e. The Kier molecular flexibility index (Phi) is 5.02. The predicted molar refractivity (Wildman–Crippen MR) is 113 cm³/mol. The van der Waals surface area contributed by atoms with Crippen molar-refractivity contribution in [2.45, 2.75) is 50.6 Å². The van der Waals surface area contributed by atoms with Crippen LogP contribution in [-0.2, 0) is 0 Å². The number of rotatable bonds is 3. The van der Waals surface area contributed by atoms with Gasteiger partial charge < -0.3 is 10.6 Å². The molecule has 2 aromatic rings. The first-order chi connectivity index (χ1) is 13.4. The van der Waals surface area contributed by atoms with Crippen molar-refractivity contribution >= 4 is 0 Å². The first-order valence-corrected chi connectivity index (χ1v) is 11.0. The fourth-order valence-corrected chi connectivity index (χ4v) is 6.03. The molecular formula is C25H32N2. The van der Waals surface area contributed by atoms with Crippen LogP contribution in [0, 0.1) is 17.8 Å². The molecule has 4 atom stereocenters. The molecule has 4 unspecified atom stereocenters. The van der Waals surface area contributed by atoms with Crippen LogP contribution in [0.4, 0.5) is 0 Å². The first-order valence-electron chi connectivity index (χ1n) is 11.0. The molecule has 0 aromatic heterocycles. The SMILES string of the molecule is c1ccc(-c2ccccc2C2CNC3NCC(C4CCCCC4)CC32)cc1. The second kappa shape index (κ2) is 7.77. The van der Waals surface area contributed by atoms with E-state index in [0.29, 0.717) is 12.1 Å². The zero-order chi connectivity index (χ0) is 18.1. The Hall–Kier alpha value is -1.64. The molecule has 142 valence electrons. The average Bonchev–Trinajstić information content (AvgIpc) is 3.18. The van der Waals surface area contributed by atoms with Gasteiger partial charge in [-0.15, -0.1) is 0 Å². The number of piperidine rings is 1. The van der Waals surface area contributed by atoms with E-state index < -0.39 is 0 Å². The van der Waals surface area contributed by atoms with Crippen LogP contribution in [0.1, 0.15) is 50.0 Å². The summed E-state index contributed by atoms with van der Waals surface area (Å²) in [5.74, 6) is 3.16. The van der Waals surface area contributed by atoms with Gasteiger partial charge in [0.25, 0.3) is 0 Å². The molecule has 2 aliphatic heterocycles. The third kappa shape index (κ3) is 3.46. The molecule has 3 fully saturated rings. The van der Waals surface area contributed by atoms with Gasteiger partial charge in [0, 0.05) is 12.5 Å². The number of hydrogen-bond donors (Lipinski definition) is 2. The van der Waals surface area contributed by atoms with Gasteiger partial charge in [-0.1, -0.05) is 86.7 Å². The highest BCUT2D eigenvalue weighted by atomic mass is 15.2. The molecule has 0 spiro atoms. The summed E-state index contributed by atoms with van der Waals surface area (Å²) in [6.07, 6.45) is 9.17. The van der Waals surface area contributed by atoms with Crippen molar-refractivity contribution in [3.05, 3.63) is 60.2 Å². The van der Waals surface area contributed by atoms with Crippen molar-refractivity contribution in [3.63, 3.8) is 0 Å². The van der Waals surface area contributed by atoms with E-state index in [4.69, 9.17) is 0 Å². The minimum Gasteiger partial charge on any atom is -0.301 e. The molecule has 2 saturated heterocycles. The number of benzene rings is 2. The van der Waals surface area contributed by atoms with Gasteiger partial charge >= 0.3 is 0 Å². The fraction of sp³-hybridized carbons (Fsp3) is 0.520. The first kappa shape index (κ1) is 17.5. The lowest BCUT2D eigenvalue weighted by molar-refractivity contribution is 0.142. The van der Waals surface area contributed by atoms with Gasteiger partial charge in [0.2, 0.25) is 0 Å². The van der Waals surface area contributed by atoms with Crippen LogP contribution in [0.5, 0.6) is 0 Å². The Bertz CT molecular complexity index is 750. The summed E-state index contributed by atoms with van der Waals surface area (Å²) in [6.45, 7) is 2.31. The topological polar surface area (TPSA) is 24.1 Å². The van der Waals surface area contributed by atoms with Gasteiger partial charge in [0.05, 0.1) is 6.17 Å². The Labute approximate surface area is 163 Å². The van der Waals surface area contributed by atoms with E-state index in [0.717, 1.165) is 24.3 Å². The van der Waals surface area contributed by atoms with E-state index in [2.05, 4.69) is 65.2 Å². The van der Waals surface area contributed by atoms with Crippen molar-refractivity contribution in [1.29, 1.82) is 0 Å². The number of fused-ring (bicyclic) bond motifs is 1. The number of nitrogens with one attached hydrogen (secondary N) is 2. The molecule has 1 aliphatic carbocycles. The Morgan fingerprint density at radius 3 is 2.30 bits per heavy atom. The largest absolute Gasteiger partial charge is 0.301 e. The molecule has 0 radical (unpaired) electrons. The highest BCUT2D eigenvalue weighted by Gasteiger charge is 2.43. The summed E-state index contributed by atoms with van der Waals surface area (Å²) >= 11 is 0. The summed E-state index contributed by atoms with van der Waals surface area (Å²) in [4.78, 5) is 0. The molecule has 5 rings (SSSR count). The molecule has 27 heavy (non-hydrogen) atoms. The second-order valence-electron chi connectivity index (χ2n) is 8.91. The van der Waals surface area contributed by atoms with Crippen molar-refractivity contribution < 1.29 is 0 Å². The minimum absolute atomic E-state index is 0.499. The monoisotopic (exact) mass is 360 g/mol. The van der Waals surface area contributed by atoms with Crippen molar-refractivity contribution in [3.8, 4) is 11.1 Å². The van der Waals surface area contributed by atoms with E-state index in [9.17, 15) is 0 Å². The summed E-state index contributed by atoms with van der Waals surface area (Å²) in [5.41, 5.74) is 4.31. The van der Waals surface area contributed by atoms with Crippen LogP contribution < -0.4 is 10.6 Å². The van der Waals surface area contributed by atoms with Crippen LogP contribution in [0.3, 0.4) is 0 Å². The van der Waals surface area contributed by atoms with Crippen LogP contribution in [0.2, 0.25) is 0 Å². The molecule has 2 heteroatoms. The van der Waals surface area contributed by atoms with Crippen LogP contribution in [0.25, 0.3) is 11.1 Å². The fourth-order valence-electron chi connectivity index (χ4n) is 6.03. The lowest BCUT2D eigenvalue weighted by atomic mass is 9.71. The zero-order valence-corrected chi connectivity index (χ0v) is 16.2. The molecule has 3 aliphatic rings. The van der Waals surface area contributed by atoms with E-state index in [1.807, 2.05) is 0 Å². The second-order valence-corrected chi connectivity index (χ2v) is 8.91. The maximum atomic E-state index is 3.88. The molecular weight excluding hydrogens is 328 g/mol. The van der Waals surface area contributed by atoms with Gasteiger partial charge in [-0.05, 0) is 47.4 Å². The highest BCUT2D eigenvalue weighted by Crippen LogP contribution is 2.44. The van der Waals surface area contributed by atoms with Crippen LogP contribution in [0.15, 0.2) is 54.6 Å². The molecule has 2 heterocycles. The summed E-state index contributed by atoms with van der Waals surface area (Å²) in [6, 6.07) is 20.0. The lowest BCUT2D eigenvalue weighted by Crippen LogP contribution is -2.50. The van der Waals surface area contributed by atoms with E-state index in [1.165, 1.54) is 61.8 Å². The summed E-state index contributed by atoms with van der Waals surface area (Å²) in [7, 11) is 0. The van der Waals surface area contributed by atoms with Gasteiger partial charge in [0.1, 0.15) is 0 Å². The maximum absolute atomic E-state index is 3.88. The van der Waals surface area contributed by atoms with Gasteiger partial charge in [-0.3, -0.25) is 0 Å². The third-order valence-electron chi connectivity index (χ3n) is 7.44. The average molecular weight is 361 g/mol. The molecule has 2 aromatic carbocycles. The van der Waals surface area contributed by atoms with Gasteiger partial charge in [-0.2, -0.15) is 0 Å². The zero-order valence-electron chi connectivity index (χ0n) is 16.2. The Balaban J connectivity index is 1.41.